The normalized spacial score (nSPS) is 12.8. The van der Waals surface area contributed by atoms with Crippen molar-refractivity contribution in [3.63, 3.8) is 0 Å². The molecular formula is C12H15FN4. The molecule has 0 fully saturated rings. The third-order valence-electron chi connectivity index (χ3n) is 2.59. The highest BCUT2D eigenvalue weighted by molar-refractivity contribution is 5.43. The van der Waals surface area contributed by atoms with E-state index in [-0.39, 0.29) is 5.82 Å². The van der Waals surface area contributed by atoms with E-state index in [1.165, 1.54) is 6.07 Å². The maximum absolute atomic E-state index is 13.8. The average molecular weight is 234 g/mol. The monoisotopic (exact) mass is 234 g/mol. The van der Waals surface area contributed by atoms with Crippen LogP contribution in [0, 0.1) is 19.7 Å². The van der Waals surface area contributed by atoms with Crippen LogP contribution in [0.25, 0.3) is 5.69 Å². The molecule has 2 N–H and O–H groups in total. The lowest BCUT2D eigenvalue weighted by molar-refractivity contribution is 0.588. The van der Waals surface area contributed by atoms with Gasteiger partial charge in [-0.3, -0.25) is 0 Å². The molecule has 0 aliphatic rings. The summed E-state index contributed by atoms with van der Waals surface area (Å²) in [6.45, 7) is 5.38. The van der Waals surface area contributed by atoms with E-state index < -0.39 is 6.04 Å². The smallest absolute Gasteiger partial charge is 0.148 e. The minimum absolute atomic E-state index is 0.315. The molecule has 2 rings (SSSR count). The maximum atomic E-state index is 13.8. The van der Waals surface area contributed by atoms with E-state index >= 15 is 0 Å². The minimum atomic E-state index is -0.393. The fraction of sp³-hybridized carbons (Fsp3) is 0.333. The molecule has 5 heteroatoms. The Kier molecular flexibility index (Phi) is 2.93. The van der Waals surface area contributed by atoms with E-state index in [1.807, 2.05) is 6.92 Å². The number of rotatable bonds is 2. The van der Waals surface area contributed by atoms with Crippen molar-refractivity contribution in [3.8, 4) is 5.69 Å². The second-order valence-corrected chi connectivity index (χ2v) is 4.08. The Balaban J connectivity index is 2.67. The average Bonchev–Trinajstić information content (AvgIpc) is 2.56. The second-order valence-electron chi connectivity index (χ2n) is 4.08. The number of benzene rings is 1. The van der Waals surface area contributed by atoms with Crippen LogP contribution in [0.15, 0.2) is 18.2 Å². The molecule has 2 aromatic rings. The molecule has 1 aromatic heterocycles. The van der Waals surface area contributed by atoms with E-state index in [9.17, 15) is 4.39 Å². The molecule has 0 aliphatic heterocycles. The molecule has 0 bridgehead atoms. The third kappa shape index (κ3) is 2.06. The molecule has 0 aliphatic carbocycles. The fourth-order valence-electron chi connectivity index (χ4n) is 1.91. The summed E-state index contributed by atoms with van der Waals surface area (Å²) in [4.78, 5) is 4.21. The fourth-order valence-corrected chi connectivity index (χ4v) is 1.91. The summed E-state index contributed by atoms with van der Waals surface area (Å²) in [5.41, 5.74) is 6.92. The van der Waals surface area contributed by atoms with E-state index in [4.69, 9.17) is 5.73 Å². The van der Waals surface area contributed by atoms with E-state index in [2.05, 4.69) is 10.1 Å². The Morgan fingerprint density at radius 2 is 2.06 bits per heavy atom. The first-order chi connectivity index (χ1) is 8.00. The van der Waals surface area contributed by atoms with Crippen molar-refractivity contribution in [2.24, 2.45) is 5.73 Å². The molecule has 0 unspecified atom stereocenters. The van der Waals surface area contributed by atoms with Gasteiger partial charge in [0.15, 0.2) is 0 Å². The summed E-state index contributed by atoms with van der Waals surface area (Å²) in [5.74, 6) is 1.06. The predicted octanol–water partition coefficient (Wildman–Crippen LogP) is 2.04. The summed E-state index contributed by atoms with van der Waals surface area (Å²) in [6.07, 6.45) is 0. The highest BCUT2D eigenvalue weighted by Gasteiger charge is 2.16. The summed E-state index contributed by atoms with van der Waals surface area (Å²) in [5, 5.41) is 4.25. The molecule has 0 radical (unpaired) electrons. The van der Waals surface area contributed by atoms with Gasteiger partial charge in [0.05, 0.1) is 5.69 Å². The van der Waals surface area contributed by atoms with Gasteiger partial charge in [0.2, 0.25) is 0 Å². The lowest BCUT2D eigenvalue weighted by Gasteiger charge is -2.14. The van der Waals surface area contributed by atoms with Crippen molar-refractivity contribution in [2.45, 2.75) is 26.8 Å². The molecule has 1 aromatic carbocycles. The molecule has 0 saturated carbocycles. The number of nitrogens with zero attached hydrogens (tertiary/aromatic N) is 3. The Morgan fingerprint density at radius 1 is 1.35 bits per heavy atom. The van der Waals surface area contributed by atoms with Gasteiger partial charge >= 0.3 is 0 Å². The number of halogens is 1. The second kappa shape index (κ2) is 4.25. The van der Waals surface area contributed by atoms with Gasteiger partial charge < -0.3 is 5.73 Å². The van der Waals surface area contributed by atoms with Crippen LogP contribution in [0.4, 0.5) is 4.39 Å². The van der Waals surface area contributed by atoms with Gasteiger partial charge in [-0.25, -0.2) is 14.1 Å². The SMILES string of the molecule is Cc1nc(C)n(-c2cccc(F)c2[C@@H](C)N)n1. The standard InChI is InChI=1S/C12H15FN4/c1-7(14)12-10(13)5-4-6-11(12)17-9(3)15-8(2)16-17/h4-7H,14H2,1-3H3/t7-/m1/s1. The summed E-state index contributed by atoms with van der Waals surface area (Å²) < 4.78 is 15.4. The van der Waals surface area contributed by atoms with Gasteiger partial charge in [-0.1, -0.05) is 6.07 Å². The van der Waals surface area contributed by atoms with Crippen LogP contribution < -0.4 is 5.73 Å². The topological polar surface area (TPSA) is 56.7 Å². The molecule has 17 heavy (non-hydrogen) atoms. The van der Waals surface area contributed by atoms with Crippen molar-refractivity contribution in [1.29, 1.82) is 0 Å². The first kappa shape index (κ1) is 11.7. The number of aryl methyl sites for hydroxylation is 2. The van der Waals surface area contributed by atoms with Crippen LogP contribution in [0.1, 0.15) is 30.2 Å². The zero-order valence-corrected chi connectivity index (χ0v) is 10.1. The number of nitrogens with two attached hydrogens (primary N) is 1. The first-order valence-corrected chi connectivity index (χ1v) is 5.45. The van der Waals surface area contributed by atoms with Gasteiger partial charge in [0.25, 0.3) is 0 Å². The number of hydrogen-bond acceptors (Lipinski definition) is 3. The largest absolute Gasteiger partial charge is 0.324 e. The van der Waals surface area contributed by atoms with Crippen LogP contribution in [0.5, 0.6) is 0 Å². The quantitative estimate of drug-likeness (QED) is 0.865. The van der Waals surface area contributed by atoms with Gasteiger partial charge in [0, 0.05) is 11.6 Å². The predicted molar refractivity (Wildman–Crippen MR) is 63.4 cm³/mol. The lowest BCUT2D eigenvalue weighted by Crippen LogP contribution is -2.13. The van der Waals surface area contributed by atoms with Gasteiger partial charge in [-0.15, -0.1) is 0 Å². The molecule has 4 nitrogen and oxygen atoms in total. The van der Waals surface area contributed by atoms with Gasteiger partial charge in [-0.05, 0) is 32.9 Å². The zero-order chi connectivity index (χ0) is 12.6. The number of hydrogen-bond donors (Lipinski definition) is 1. The van der Waals surface area contributed by atoms with E-state index in [1.54, 1.807) is 30.7 Å². The Labute approximate surface area is 99.3 Å². The zero-order valence-electron chi connectivity index (χ0n) is 10.1. The van der Waals surface area contributed by atoms with E-state index in [0.29, 0.717) is 17.1 Å². The summed E-state index contributed by atoms with van der Waals surface area (Å²) in [6, 6.07) is 4.45. The molecule has 0 amide bonds. The van der Waals surface area contributed by atoms with E-state index in [0.717, 1.165) is 5.82 Å². The third-order valence-corrected chi connectivity index (χ3v) is 2.59. The van der Waals surface area contributed by atoms with Crippen LogP contribution >= 0.6 is 0 Å². The first-order valence-electron chi connectivity index (χ1n) is 5.45. The maximum Gasteiger partial charge on any atom is 0.148 e. The van der Waals surface area contributed by atoms with Gasteiger partial charge in [0.1, 0.15) is 17.5 Å². The highest BCUT2D eigenvalue weighted by Crippen LogP contribution is 2.23. The lowest BCUT2D eigenvalue weighted by atomic mass is 10.1. The minimum Gasteiger partial charge on any atom is -0.324 e. The van der Waals surface area contributed by atoms with Crippen LogP contribution in [0.2, 0.25) is 0 Å². The Morgan fingerprint density at radius 3 is 2.59 bits per heavy atom. The summed E-state index contributed by atoms with van der Waals surface area (Å²) in [7, 11) is 0. The van der Waals surface area contributed by atoms with Crippen molar-refractivity contribution < 1.29 is 4.39 Å². The summed E-state index contributed by atoms with van der Waals surface area (Å²) >= 11 is 0. The Bertz CT molecular complexity index is 545. The molecule has 1 heterocycles. The van der Waals surface area contributed by atoms with Crippen molar-refractivity contribution in [1.82, 2.24) is 14.8 Å². The Hall–Kier alpha value is -1.75. The van der Waals surface area contributed by atoms with Gasteiger partial charge in [-0.2, -0.15) is 5.10 Å². The number of aromatic nitrogens is 3. The van der Waals surface area contributed by atoms with Crippen molar-refractivity contribution >= 4 is 0 Å². The van der Waals surface area contributed by atoms with Crippen molar-refractivity contribution in [3.05, 3.63) is 41.2 Å². The molecule has 90 valence electrons. The van der Waals surface area contributed by atoms with Crippen LogP contribution in [-0.2, 0) is 0 Å². The highest BCUT2D eigenvalue weighted by atomic mass is 19.1. The van der Waals surface area contributed by atoms with Crippen LogP contribution in [-0.4, -0.2) is 14.8 Å². The molecule has 1 atom stereocenters. The molecular weight excluding hydrogens is 219 g/mol. The van der Waals surface area contributed by atoms with Crippen molar-refractivity contribution in [2.75, 3.05) is 0 Å². The molecule has 0 spiro atoms. The van der Waals surface area contributed by atoms with Crippen LogP contribution in [0.3, 0.4) is 0 Å². The molecule has 0 saturated heterocycles.